The van der Waals surface area contributed by atoms with E-state index in [-0.39, 0.29) is 5.84 Å². The van der Waals surface area contributed by atoms with Gasteiger partial charge in [-0.25, -0.2) is 15.1 Å². The highest BCUT2D eigenvalue weighted by Gasteiger charge is 2.42. The second-order valence-corrected chi connectivity index (χ2v) is 6.62. The zero-order valence-corrected chi connectivity index (χ0v) is 15.8. The first-order valence-electron chi connectivity index (χ1n) is 8.70. The van der Waals surface area contributed by atoms with Gasteiger partial charge in [0.15, 0.2) is 10.9 Å². The summed E-state index contributed by atoms with van der Waals surface area (Å²) in [6.07, 6.45) is 14.0. The number of halogens is 1. The number of unbranched alkanes of at least 4 members (excludes halogenated alkanes) is 2. The Bertz CT molecular complexity index is 760. The summed E-state index contributed by atoms with van der Waals surface area (Å²) in [7, 11) is 0. The number of nitrogens with one attached hydrogen (secondary N) is 1. The van der Waals surface area contributed by atoms with Gasteiger partial charge in [-0.05, 0) is 30.9 Å². The van der Waals surface area contributed by atoms with Crippen LogP contribution in [-0.2, 0) is 6.42 Å². The number of aromatic nitrogens is 1. The molecule has 1 aliphatic carbocycles. The maximum absolute atomic E-state index is 10.9. The first kappa shape index (κ1) is 20.6. The van der Waals surface area contributed by atoms with E-state index < -0.39 is 16.5 Å². The normalized spacial score (nSPS) is 22.3. The van der Waals surface area contributed by atoms with Crippen LogP contribution in [0.5, 0.6) is 0 Å². The lowest BCUT2D eigenvalue weighted by Gasteiger charge is -2.36. The monoisotopic (exact) mass is 390 g/mol. The summed E-state index contributed by atoms with van der Waals surface area (Å²) >= 11 is 5.85. The molecule has 1 aromatic rings. The fourth-order valence-electron chi connectivity index (χ4n) is 2.86. The molecule has 0 bridgehead atoms. The quantitative estimate of drug-likeness (QED) is 0.168. The Kier molecular flexibility index (Phi) is 7.48. The van der Waals surface area contributed by atoms with Gasteiger partial charge in [-0.1, -0.05) is 55.3 Å². The van der Waals surface area contributed by atoms with E-state index in [4.69, 9.17) is 17.3 Å². The average molecular weight is 391 g/mol. The molecule has 0 radical (unpaired) electrons. The van der Waals surface area contributed by atoms with E-state index in [0.717, 1.165) is 24.8 Å². The van der Waals surface area contributed by atoms with Gasteiger partial charge in [-0.15, -0.1) is 0 Å². The van der Waals surface area contributed by atoms with Crippen LogP contribution in [0.25, 0.3) is 0 Å². The maximum Gasteiger partial charge on any atom is 0.192 e. The summed E-state index contributed by atoms with van der Waals surface area (Å²) in [5.41, 5.74) is 9.01. The van der Waals surface area contributed by atoms with Crippen molar-refractivity contribution in [3.8, 4) is 0 Å². The van der Waals surface area contributed by atoms with Gasteiger partial charge >= 0.3 is 0 Å². The minimum Gasteiger partial charge on any atom is -0.381 e. The first-order chi connectivity index (χ1) is 13.0. The summed E-state index contributed by atoms with van der Waals surface area (Å²) in [4.78, 5) is 15.0. The molecule has 144 valence electrons. The van der Waals surface area contributed by atoms with Crippen LogP contribution in [0.15, 0.2) is 52.8 Å². The van der Waals surface area contributed by atoms with E-state index in [1.165, 1.54) is 0 Å². The molecule has 1 heterocycles. The van der Waals surface area contributed by atoms with Crippen molar-refractivity contribution in [3.05, 3.63) is 63.5 Å². The number of hydrogen-bond donors (Lipinski definition) is 2. The Hall–Kier alpha value is -2.74. The standard InChI is InChI=1S/C18H23ClN6O2/c1-2-3-6-11-22-23-15-7-4-5-10-18(15,17(20)24-25(26)27)12-14-8-9-16(19)21-13-14/h4-5,7-11,13,15,23H,2-3,6,12H2,1H3,(H2,20,24)/b22-11+. The second kappa shape index (κ2) is 9.82. The van der Waals surface area contributed by atoms with Crippen LogP contribution < -0.4 is 11.2 Å². The zero-order chi connectivity index (χ0) is 19.7. The Labute approximate surface area is 163 Å². The highest BCUT2D eigenvalue weighted by atomic mass is 35.5. The number of nitrogens with zero attached hydrogens (tertiary/aromatic N) is 4. The molecule has 0 aromatic carbocycles. The van der Waals surface area contributed by atoms with Crippen molar-refractivity contribution in [1.29, 1.82) is 0 Å². The fraction of sp³-hybridized carbons (Fsp3) is 0.389. The van der Waals surface area contributed by atoms with E-state index in [1.807, 2.05) is 24.3 Å². The predicted octanol–water partition coefficient (Wildman–Crippen LogP) is 3.07. The van der Waals surface area contributed by atoms with Crippen LogP contribution in [-0.4, -0.2) is 28.1 Å². The van der Waals surface area contributed by atoms with Crippen molar-refractivity contribution in [2.45, 2.75) is 38.6 Å². The van der Waals surface area contributed by atoms with E-state index in [0.29, 0.717) is 11.6 Å². The van der Waals surface area contributed by atoms with Gasteiger partial charge < -0.3 is 11.2 Å². The summed E-state index contributed by atoms with van der Waals surface area (Å²) in [6.45, 7) is 2.11. The largest absolute Gasteiger partial charge is 0.381 e. The third-order valence-corrected chi connectivity index (χ3v) is 4.53. The molecule has 2 rings (SSSR count). The van der Waals surface area contributed by atoms with Gasteiger partial charge in [0.2, 0.25) is 0 Å². The van der Waals surface area contributed by atoms with Gasteiger partial charge in [0.05, 0.1) is 16.6 Å². The van der Waals surface area contributed by atoms with Crippen molar-refractivity contribution < 1.29 is 5.03 Å². The number of nitro groups is 1. The molecule has 0 saturated heterocycles. The molecule has 27 heavy (non-hydrogen) atoms. The Balaban J connectivity index is 2.34. The lowest BCUT2D eigenvalue weighted by Crippen LogP contribution is -2.52. The van der Waals surface area contributed by atoms with E-state index in [1.54, 1.807) is 24.6 Å². The van der Waals surface area contributed by atoms with Gasteiger partial charge in [0.1, 0.15) is 5.15 Å². The zero-order valence-electron chi connectivity index (χ0n) is 15.1. The molecule has 1 aromatic heterocycles. The molecular formula is C18H23ClN6O2. The van der Waals surface area contributed by atoms with Gasteiger partial charge in [0, 0.05) is 12.4 Å². The van der Waals surface area contributed by atoms with Crippen molar-refractivity contribution in [1.82, 2.24) is 10.4 Å². The molecule has 3 N–H and O–H groups in total. The number of hydrogen-bond acceptors (Lipinski definition) is 5. The highest BCUT2D eigenvalue weighted by Crippen LogP contribution is 2.33. The fourth-order valence-corrected chi connectivity index (χ4v) is 2.97. The first-order valence-corrected chi connectivity index (χ1v) is 9.08. The third-order valence-electron chi connectivity index (χ3n) is 4.31. The predicted molar refractivity (Wildman–Crippen MR) is 107 cm³/mol. The second-order valence-electron chi connectivity index (χ2n) is 6.23. The van der Waals surface area contributed by atoms with Gasteiger partial charge in [-0.2, -0.15) is 5.10 Å². The number of hydrazone groups is 2. The van der Waals surface area contributed by atoms with Crippen LogP contribution in [0.4, 0.5) is 0 Å². The summed E-state index contributed by atoms with van der Waals surface area (Å²) < 4.78 is 0. The number of nitrogens with two attached hydrogens (primary N) is 1. The molecule has 2 atom stereocenters. The molecule has 9 heteroatoms. The van der Waals surface area contributed by atoms with E-state index >= 15 is 0 Å². The summed E-state index contributed by atoms with van der Waals surface area (Å²) in [5.74, 6) is -0.107. The number of pyridine rings is 1. The van der Waals surface area contributed by atoms with Crippen LogP contribution in [0.2, 0.25) is 5.15 Å². The molecule has 0 fully saturated rings. The molecule has 0 amide bonds. The van der Waals surface area contributed by atoms with E-state index in [9.17, 15) is 10.1 Å². The lowest BCUT2D eigenvalue weighted by molar-refractivity contribution is -0.485. The Morgan fingerprint density at radius 2 is 2.33 bits per heavy atom. The maximum atomic E-state index is 10.9. The lowest BCUT2D eigenvalue weighted by atomic mass is 9.72. The minimum atomic E-state index is -0.959. The smallest absolute Gasteiger partial charge is 0.192 e. The van der Waals surface area contributed by atoms with Crippen molar-refractivity contribution in [3.63, 3.8) is 0 Å². The SMILES string of the molecule is CCCC/C=N/NC1C=CC=CC1(Cc1ccc(Cl)nc1)C(N)=N[N+](=O)[O-]. The summed E-state index contributed by atoms with van der Waals surface area (Å²) in [5, 5.41) is 18.2. The van der Waals surface area contributed by atoms with Crippen LogP contribution in [0, 0.1) is 15.5 Å². The minimum absolute atomic E-state index is 0.107. The van der Waals surface area contributed by atoms with Crippen molar-refractivity contribution in [2.24, 2.45) is 21.4 Å². The molecule has 2 unspecified atom stereocenters. The van der Waals surface area contributed by atoms with Crippen molar-refractivity contribution >= 4 is 23.7 Å². The van der Waals surface area contributed by atoms with Crippen LogP contribution >= 0.6 is 11.6 Å². The number of rotatable bonds is 9. The molecule has 0 aliphatic heterocycles. The number of amidine groups is 1. The molecule has 8 nitrogen and oxygen atoms in total. The van der Waals surface area contributed by atoms with Crippen LogP contribution in [0.1, 0.15) is 31.7 Å². The van der Waals surface area contributed by atoms with Gasteiger partial charge in [-0.3, -0.25) is 0 Å². The summed E-state index contributed by atoms with van der Waals surface area (Å²) in [6, 6.07) is 3.07. The average Bonchev–Trinajstić information content (AvgIpc) is 2.64. The van der Waals surface area contributed by atoms with Gasteiger partial charge in [0.25, 0.3) is 0 Å². The van der Waals surface area contributed by atoms with Crippen LogP contribution in [0.3, 0.4) is 0 Å². The Morgan fingerprint density at radius 1 is 1.52 bits per heavy atom. The molecule has 1 aliphatic rings. The molecule has 0 saturated carbocycles. The highest BCUT2D eigenvalue weighted by molar-refractivity contribution is 6.29. The van der Waals surface area contributed by atoms with Crippen molar-refractivity contribution in [2.75, 3.05) is 0 Å². The van der Waals surface area contributed by atoms with E-state index in [2.05, 4.69) is 27.5 Å². The molecular weight excluding hydrogens is 368 g/mol. The molecule has 0 spiro atoms. The topological polar surface area (TPSA) is 119 Å². The Morgan fingerprint density at radius 3 is 3.00 bits per heavy atom. The number of allylic oxidation sites excluding steroid dienone is 2. The third kappa shape index (κ3) is 5.62.